The van der Waals surface area contributed by atoms with E-state index in [4.69, 9.17) is 0 Å². The maximum absolute atomic E-state index is 12.6. The molecule has 0 aromatic heterocycles. The molecule has 60 valence electrons. The Bertz CT molecular complexity index is 382. The van der Waals surface area contributed by atoms with Gasteiger partial charge in [0, 0.05) is 12.0 Å². The van der Waals surface area contributed by atoms with E-state index in [2.05, 4.69) is 0 Å². The lowest BCUT2D eigenvalue weighted by molar-refractivity contribution is -0.114. The zero-order valence-electron chi connectivity index (χ0n) is 6.13. The number of rotatable bonds is 0. The number of hydrogen-bond acceptors (Lipinski definition) is 2. The maximum atomic E-state index is 12.6. The maximum Gasteiger partial charge on any atom is 0.229 e. The van der Waals surface area contributed by atoms with Crippen molar-refractivity contribution in [3.8, 4) is 0 Å². The van der Waals surface area contributed by atoms with E-state index >= 15 is 0 Å². The predicted molar refractivity (Wildman–Crippen MR) is 39.4 cm³/mol. The first-order valence-electron chi connectivity index (χ1n) is 3.54. The molecular weight excluding hydrogens is 159 g/mol. The first-order chi connectivity index (χ1) is 5.68. The predicted octanol–water partition coefficient (Wildman–Crippen LogP) is 1.13. The lowest BCUT2D eigenvalue weighted by atomic mass is 10.1. The van der Waals surface area contributed by atoms with E-state index in [0.29, 0.717) is 5.56 Å². The van der Waals surface area contributed by atoms with E-state index in [9.17, 15) is 14.0 Å². The third kappa shape index (κ3) is 0.863. The highest BCUT2D eigenvalue weighted by atomic mass is 19.1. The van der Waals surface area contributed by atoms with E-state index in [1.807, 2.05) is 0 Å². The van der Waals surface area contributed by atoms with Crippen molar-refractivity contribution in [2.24, 2.45) is 0 Å². The van der Waals surface area contributed by atoms with Gasteiger partial charge in [-0.1, -0.05) is 6.07 Å². The molecule has 0 radical (unpaired) electrons. The van der Waals surface area contributed by atoms with E-state index < -0.39 is 17.4 Å². The van der Waals surface area contributed by atoms with Crippen molar-refractivity contribution in [2.75, 3.05) is 0 Å². The van der Waals surface area contributed by atoms with E-state index in [0.717, 1.165) is 6.07 Å². The number of carbonyl (C=O) groups excluding carboxylic acids is 2. The minimum atomic E-state index is -0.565. The largest absolute Gasteiger partial charge is 0.290 e. The third-order valence-corrected chi connectivity index (χ3v) is 1.92. The number of benzene rings is 1. The summed E-state index contributed by atoms with van der Waals surface area (Å²) in [7, 11) is 0. The van der Waals surface area contributed by atoms with Crippen LogP contribution < -0.4 is 0 Å². The van der Waals surface area contributed by atoms with E-state index in [1.165, 1.54) is 12.1 Å². The molecule has 2 rings (SSSR count). The molecule has 3 heteroatoms. The lowest BCUT2D eigenvalue weighted by Crippen LogP contribution is -2.05. The van der Waals surface area contributed by atoms with Gasteiger partial charge in [-0.2, -0.15) is 0 Å². The number of Topliss-reactive ketones (excluding diaryl/α,β-unsaturated/α-hetero) is 2. The standard InChI is InChI=1S/C9H5FO2/c10-6-2-1-5-3-8(11)9(12)7(5)4-6/h1-2,4H,3H2. The number of ketones is 2. The van der Waals surface area contributed by atoms with Crippen molar-refractivity contribution in [3.63, 3.8) is 0 Å². The first-order valence-corrected chi connectivity index (χ1v) is 3.54. The molecule has 0 atom stereocenters. The highest BCUT2D eigenvalue weighted by Crippen LogP contribution is 2.19. The average molecular weight is 164 g/mol. The van der Waals surface area contributed by atoms with E-state index in [1.54, 1.807) is 0 Å². The van der Waals surface area contributed by atoms with Crippen molar-refractivity contribution in [3.05, 3.63) is 35.1 Å². The van der Waals surface area contributed by atoms with Crippen LogP contribution in [0, 0.1) is 5.82 Å². The zero-order valence-corrected chi connectivity index (χ0v) is 6.13. The minimum absolute atomic E-state index is 0.119. The molecule has 0 bridgehead atoms. The van der Waals surface area contributed by atoms with Gasteiger partial charge in [0.25, 0.3) is 0 Å². The van der Waals surface area contributed by atoms with Gasteiger partial charge in [0.1, 0.15) is 5.82 Å². The van der Waals surface area contributed by atoms with E-state index in [-0.39, 0.29) is 12.0 Å². The molecule has 0 N–H and O–H groups in total. The van der Waals surface area contributed by atoms with Crippen molar-refractivity contribution in [1.29, 1.82) is 0 Å². The second-order valence-electron chi connectivity index (χ2n) is 2.73. The Hall–Kier alpha value is -1.51. The molecule has 0 saturated heterocycles. The van der Waals surface area contributed by atoms with Gasteiger partial charge < -0.3 is 0 Å². The Labute approximate surface area is 68.0 Å². The third-order valence-electron chi connectivity index (χ3n) is 1.92. The molecule has 0 unspecified atom stereocenters. The molecule has 1 aromatic carbocycles. The molecule has 12 heavy (non-hydrogen) atoms. The van der Waals surface area contributed by atoms with Gasteiger partial charge in [-0.3, -0.25) is 9.59 Å². The van der Waals surface area contributed by atoms with Crippen LogP contribution in [0.5, 0.6) is 0 Å². The quantitative estimate of drug-likeness (QED) is 0.538. The fourth-order valence-electron chi connectivity index (χ4n) is 1.32. The smallest absolute Gasteiger partial charge is 0.229 e. The van der Waals surface area contributed by atoms with Gasteiger partial charge in [0.05, 0.1) is 0 Å². The summed E-state index contributed by atoms with van der Waals surface area (Å²) in [4.78, 5) is 21.9. The number of fused-ring (bicyclic) bond motifs is 1. The Balaban J connectivity index is 2.63. The van der Waals surface area contributed by atoms with Gasteiger partial charge >= 0.3 is 0 Å². The van der Waals surface area contributed by atoms with Crippen LogP contribution in [0.25, 0.3) is 0 Å². The molecule has 0 aliphatic heterocycles. The summed E-state index contributed by atoms with van der Waals surface area (Å²) in [5, 5.41) is 0. The first kappa shape index (κ1) is 7.16. The molecule has 0 spiro atoms. The Kier molecular flexibility index (Phi) is 1.33. The van der Waals surface area contributed by atoms with Crippen molar-refractivity contribution in [1.82, 2.24) is 0 Å². The molecule has 0 saturated carbocycles. The Morgan fingerprint density at radius 3 is 2.75 bits per heavy atom. The summed E-state index contributed by atoms with van der Waals surface area (Å²) in [6.07, 6.45) is 0.119. The molecule has 1 aromatic rings. The second-order valence-corrected chi connectivity index (χ2v) is 2.73. The molecular formula is C9H5FO2. The second kappa shape index (κ2) is 2.24. The van der Waals surface area contributed by atoms with Gasteiger partial charge in [0.15, 0.2) is 0 Å². The van der Waals surface area contributed by atoms with Crippen LogP contribution in [0.2, 0.25) is 0 Å². The van der Waals surface area contributed by atoms with Gasteiger partial charge in [-0.05, 0) is 17.7 Å². The molecule has 1 aliphatic carbocycles. The number of hydrogen-bond donors (Lipinski definition) is 0. The summed E-state index contributed by atoms with van der Waals surface area (Å²) in [5.41, 5.74) is 0.853. The Morgan fingerprint density at radius 2 is 2.00 bits per heavy atom. The van der Waals surface area contributed by atoms with Crippen LogP contribution in [0.3, 0.4) is 0 Å². The van der Waals surface area contributed by atoms with Gasteiger partial charge in [0.2, 0.25) is 11.6 Å². The summed E-state index contributed by atoms with van der Waals surface area (Å²) in [6.45, 7) is 0. The zero-order chi connectivity index (χ0) is 8.72. The fourth-order valence-corrected chi connectivity index (χ4v) is 1.32. The van der Waals surface area contributed by atoms with Gasteiger partial charge in [-0.25, -0.2) is 4.39 Å². The lowest BCUT2D eigenvalue weighted by Gasteiger charge is -1.93. The van der Waals surface area contributed by atoms with Crippen LogP contribution in [-0.4, -0.2) is 11.6 Å². The summed E-state index contributed by atoms with van der Waals surface area (Å²) in [5.74, 6) is -1.49. The number of carbonyl (C=O) groups is 2. The molecule has 2 nitrogen and oxygen atoms in total. The molecule has 0 heterocycles. The number of halogens is 1. The highest BCUT2D eigenvalue weighted by Gasteiger charge is 2.27. The summed E-state index contributed by atoms with van der Waals surface area (Å²) in [6, 6.07) is 3.85. The molecule has 1 aliphatic rings. The molecule has 0 fully saturated rings. The van der Waals surface area contributed by atoms with Crippen LogP contribution >= 0.6 is 0 Å². The van der Waals surface area contributed by atoms with Crippen molar-refractivity contribution < 1.29 is 14.0 Å². The topological polar surface area (TPSA) is 34.1 Å². The van der Waals surface area contributed by atoms with Crippen LogP contribution in [0.1, 0.15) is 15.9 Å². The SMILES string of the molecule is O=C1Cc2ccc(F)cc2C1=O. The Morgan fingerprint density at radius 1 is 1.25 bits per heavy atom. The highest BCUT2D eigenvalue weighted by molar-refractivity contribution is 6.47. The monoisotopic (exact) mass is 164 g/mol. The van der Waals surface area contributed by atoms with Crippen molar-refractivity contribution >= 4 is 11.6 Å². The molecule has 0 amide bonds. The van der Waals surface area contributed by atoms with Crippen molar-refractivity contribution in [2.45, 2.75) is 6.42 Å². The fraction of sp³-hybridized carbons (Fsp3) is 0.111. The summed E-state index contributed by atoms with van der Waals surface area (Å²) >= 11 is 0. The average Bonchev–Trinajstić information content (AvgIpc) is 2.31. The van der Waals surface area contributed by atoms with Crippen LogP contribution in [-0.2, 0) is 11.2 Å². The van der Waals surface area contributed by atoms with Gasteiger partial charge in [-0.15, -0.1) is 0 Å². The summed E-state index contributed by atoms with van der Waals surface area (Å²) < 4.78 is 12.6. The normalized spacial score (nSPS) is 15.1. The van der Waals surface area contributed by atoms with Crippen LogP contribution in [0.15, 0.2) is 18.2 Å². The minimum Gasteiger partial charge on any atom is -0.290 e. The van der Waals surface area contributed by atoms with Crippen LogP contribution in [0.4, 0.5) is 4.39 Å².